The molecule has 0 aromatic carbocycles. The fourth-order valence-corrected chi connectivity index (χ4v) is 3.79. The van der Waals surface area contributed by atoms with Crippen molar-refractivity contribution in [3.05, 3.63) is 23.0 Å². The molecule has 104 valence electrons. The van der Waals surface area contributed by atoms with Crippen LogP contribution in [0.1, 0.15) is 33.1 Å². The number of carbonyl (C=O) groups excluding carboxylic acids is 1. The van der Waals surface area contributed by atoms with Gasteiger partial charge < -0.3 is 14.6 Å². The number of aliphatic hydroxyl groups is 1. The lowest BCUT2D eigenvalue weighted by molar-refractivity contribution is -0.138. The molecule has 1 aliphatic heterocycles. The Hall–Kier alpha value is -1.29. The van der Waals surface area contributed by atoms with Crippen molar-refractivity contribution in [2.75, 3.05) is 7.11 Å². The fourth-order valence-electron chi connectivity index (χ4n) is 3.79. The maximum absolute atomic E-state index is 11.9. The molecule has 1 heterocycles. The van der Waals surface area contributed by atoms with Gasteiger partial charge in [0.15, 0.2) is 0 Å². The van der Waals surface area contributed by atoms with Gasteiger partial charge in [0, 0.05) is 5.92 Å². The van der Waals surface area contributed by atoms with Crippen LogP contribution in [0.25, 0.3) is 0 Å². The highest BCUT2D eigenvalue weighted by Crippen LogP contribution is 2.54. The predicted octanol–water partition coefficient (Wildman–Crippen LogP) is 1.94. The van der Waals surface area contributed by atoms with Crippen LogP contribution < -0.4 is 0 Å². The average Bonchev–Trinajstić information content (AvgIpc) is 2.84. The third-order valence-electron chi connectivity index (χ3n) is 4.72. The Morgan fingerprint density at radius 3 is 2.89 bits per heavy atom. The molecule has 0 unspecified atom stereocenters. The summed E-state index contributed by atoms with van der Waals surface area (Å²) in [5.74, 6) is -0.260. The first-order chi connectivity index (χ1) is 8.95. The first-order valence-corrected chi connectivity index (χ1v) is 6.81. The van der Waals surface area contributed by atoms with Gasteiger partial charge in [-0.05, 0) is 35.8 Å². The summed E-state index contributed by atoms with van der Waals surface area (Å²) in [5.41, 5.74) is 2.83. The van der Waals surface area contributed by atoms with Gasteiger partial charge in [0.05, 0.1) is 25.0 Å². The summed E-state index contributed by atoms with van der Waals surface area (Å²) in [6, 6.07) is 0. The third-order valence-corrected chi connectivity index (χ3v) is 4.72. The molecule has 1 saturated heterocycles. The van der Waals surface area contributed by atoms with Gasteiger partial charge in [-0.25, -0.2) is 4.79 Å². The van der Waals surface area contributed by atoms with Gasteiger partial charge in [0.25, 0.3) is 0 Å². The molecule has 1 N–H and O–H groups in total. The smallest absolute Gasteiger partial charge is 0.338 e. The molecular weight excluding hydrogens is 244 g/mol. The van der Waals surface area contributed by atoms with E-state index in [1.165, 1.54) is 13.4 Å². The molecule has 2 aliphatic carbocycles. The van der Waals surface area contributed by atoms with Crippen LogP contribution in [-0.4, -0.2) is 30.4 Å². The van der Waals surface area contributed by atoms with Gasteiger partial charge >= 0.3 is 5.97 Å². The number of esters is 1. The number of hydrogen-bond acceptors (Lipinski definition) is 4. The van der Waals surface area contributed by atoms with E-state index in [-0.39, 0.29) is 29.5 Å². The Morgan fingerprint density at radius 2 is 2.21 bits per heavy atom. The standard InChI is InChI=1S/C15H20O4/c1-15(2)5-4-11(16)9-6-8-10(7-18-3)14(17)19-13(8)12(9)15/h7-8,11,13,16H,4-6H2,1-3H3/b10-7+/t8-,11+,13+/m1/s1. The summed E-state index contributed by atoms with van der Waals surface area (Å²) in [7, 11) is 1.54. The zero-order valence-electron chi connectivity index (χ0n) is 11.6. The molecule has 4 nitrogen and oxygen atoms in total. The van der Waals surface area contributed by atoms with Crippen molar-refractivity contribution in [2.24, 2.45) is 11.3 Å². The molecule has 1 fully saturated rings. The molecule has 19 heavy (non-hydrogen) atoms. The molecule has 4 heteroatoms. The molecule has 0 aromatic heterocycles. The second-order valence-corrected chi connectivity index (χ2v) is 6.32. The van der Waals surface area contributed by atoms with Crippen molar-refractivity contribution in [1.29, 1.82) is 0 Å². The molecule has 0 bridgehead atoms. The summed E-state index contributed by atoms with van der Waals surface area (Å²) in [6.45, 7) is 4.34. The molecule has 3 aliphatic rings. The Morgan fingerprint density at radius 1 is 1.47 bits per heavy atom. The number of aliphatic hydroxyl groups excluding tert-OH is 1. The van der Waals surface area contributed by atoms with E-state index in [4.69, 9.17) is 9.47 Å². The van der Waals surface area contributed by atoms with E-state index in [0.717, 1.165) is 24.0 Å². The highest BCUT2D eigenvalue weighted by molar-refractivity contribution is 5.92. The normalized spacial score (nSPS) is 38.2. The van der Waals surface area contributed by atoms with Gasteiger partial charge in [-0.1, -0.05) is 13.8 Å². The minimum atomic E-state index is -0.379. The van der Waals surface area contributed by atoms with Gasteiger partial charge in [-0.15, -0.1) is 0 Å². The Bertz CT molecular complexity index is 486. The van der Waals surface area contributed by atoms with Crippen molar-refractivity contribution in [1.82, 2.24) is 0 Å². The number of rotatable bonds is 1. The van der Waals surface area contributed by atoms with E-state index in [0.29, 0.717) is 12.0 Å². The molecule has 3 atom stereocenters. The fraction of sp³-hybridized carbons (Fsp3) is 0.667. The van der Waals surface area contributed by atoms with Crippen LogP contribution in [0.5, 0.6) is 0 Å². The summed E-state index contributed by atoms with van der Waals surface area (Å²) < 4.78 is 10.5. The highest BCUT2D eigenvalue weighted by atomic mass is 16.6. The van der Waals surface area contributed by atoms with Crippen molar-refractivity contribution in [2.45, 2.75) is 45.3 Å². The molecular formula is C15H20O4. The number of methoxy groups -OCH3 is 1. The van der Waals surface area contributed by atoms with Crippen LogP contribution >= 0.6 is 0 Å². The molecule has 3 rings (SSSR count). The van der Waals surface area contributed by atoms with Crippen LogP contribution in [0.3, 0.4) is 0 Å². The lowest BCUT2D eigenvalue weighted by Gasteiger charge is -2.36. The Kier molecular flexibility index (Phi) is 2.75. The van der Waals surface area contributed by atoms with Crippen LogP contribution in [0.2, 0.25) is 0 Å². The Balaban J connectivity index is 2.02. The van der Waals surface area contributed by atoms with Gasteiger partial charge in [-0.3, -0.25) is 0 Å². The van der Waals surface area contributed by atoms with Crippen molar-refractivity contribution in [3.8, 4) is 0 Å². The van der Waals surface area contributed by atoms with Gasteiger partial charge in [0.1, 0.15) is 6.10 Å². The van der Waals surface area contributed by atoms with E-state index in [9.17, 15) is 9.90 Å². The van der Waals surface area contributed by atoms with E-state index < -0.39 is 0 Å². The number of hydrogen-bond donors (Lipinski definition) is 1. The first kappa shape index (κ1) is 12.7. The Labute approximate surface area is 113 Å². The SMILES string of the molecule is CO/C=C1/C(=O)O[C@@H]2C3=C(C[C@H]12)[C@@H](O)CCC3(C)C. The second-order valence-electron chi connectivity index (χ2n) is 6.32. The van der Waals surface area contributed by atoms with Crippen molar-refractivity contribution >= 4 is 5.97 Å². The van der Waals surface area contributed by atoms with Crippen LogP contribution in [0.4, 0.5) is 0 Å². The zero-order chi connectivity index (χ0) is 13.8. The molecule has 0 amide bonds. The summed E-state index contributed by atoms with van der Waals surface area (Å²) >= 11 is 0. The predicted molar refractivity (Wildman–Crippen MR) is 69.1 cm³/mol. The van der Waals surface area contributed by atoms with Crippen LogP contribution in [0.15, 0.2) is 23.0 Å². The molecule has 0 saturated carbocycles. The summed E-state index contributed by atoms with van der Waals surface area (Å²) in [6.07, 6.45) is 3.35. The second kappa shape index (κ2) is 4.10. The monoisotopic (exact) mass is 264 g/mol. The number of carbonyl (C=O) groups is 1. The quantitative estimate of drug-likeness (QED) is 0.340. The van der Waals surface area contributed by atoms with Gasteiger partial charge in [0.2, 0.25) is 0 Å². The van der Waals surface area contributed by atoms with E-state index >= 15 is 0 Å². The molecule has 0 spiro atoms. The average molecular weight is 264 g/mol. The van der Waals surface area contributed by atoms with Crippen molar-refractivity contribution < 1.29 is 19.4 Å². The van der Waals surface area contributed by atoms with Crippen LogP contribution in [-0.2, 0) is 14.3 Å². The maximum Gasteiger partial charge on any atom is 0.338 e. The highest BCUT2D eigenvalue weighted by Gasteiger charge is 2.53. The van der Waals surface area contributed by atoms with Crippen LogP contribution in [0, 0.1) is 11.3 Å². The largest absolute Gasteiger partial charge is 0.504 e. The van der Waals surface area contributed by atoms with Crippen molar-refractivity contribution in [3.63, 3.8) is 0 Å². The zero-order valence-corrected chi connectivity index (χ0v) is 11.6. The minimum absolute atomic E-state index is 0.00319. The minimum Gasteiger partial charge on any atom is -0.504 e. The molecule has 0 aromatic rings. The van der Waals surface area contributed by atoms with E-state index in [1.54, 1.807) is 0 Å². The first-order valence-electron chi connectivity index (χ1n) is 6.81. The lowest BCUT2D eigenvalue weighted by Crippen LogP contribution is -2.31. The topological polar surface area (TPSA) is 55.8 Å². The molecule has 0 radical (unpaired) electrons. The lowest BCUT2D eigenvalue weighted by atomic mass is 9.71. The summed E-state index contributed by atoms with van der Waals surface area (Å²) in [5, 5.41) is 10.2. The van der Waals surface area contributed by atoms with E-state index in [1.807, 2.05) is 0 Å². The van der Waals surface area contributed by atoms with E-state index in [2.05, 4.69) is 13.8 Å². The third kappa shape index (κ3) is 1.73. The number of fused-ring (bicyclic) bond motifs is 2. The number of ether oxygens (including phenoxy) is 2. The summed E-state index contributed by atoms with van der Waals surface area (Å²) in [4.78, 5) is 11.9. The maximum atomic E-state index is 11.9. The van der Waals surface area contributed by atoms with Gasteiger partial charge in [-0.2, -0.15) is 0 Å².